The maximum Gasteiger partial charge on any atom is 0.151 e. The predicted molar refractivity (Wildman–Crippen MR) is 106 cm³/mol. The summed E-state index contributed by atoms with van der Waals surface area (Å²) >= 11 is 0. The van der Waals surface area contributed by atoms with Crippen LogP contribution in [0.5, 0.6) is 0 Å². The maximum absolute atomic E-state index is 5.39. The van der Waals surface area contributed by atoms with E-state index in [2.05, 4.69) is 56.6 Å². The Labute approximate surface area is 155 Å². The second-order valence-electron chi connectivity index (χ2n) is 6.47. The van der Waals surface area contributed by atoms with Crippen LogP contribution in [0.4, 0.5) is 11.6 Å². The fourth-order valence-corrected chi connectivity index (χ4v) is 2.87. The van der Waals surface area contributed by atoms with Crippen LogP contribution >= 0.6 is 0 Å². The molecule has 6 nitrogen and oxygen atoms in total. The Morgan fingerprint density at radius 3 is 2.69 bits per heavy atom. The van der Waals surface area contributed by atoms with Crippen LogP contribution in [-0.2, 0) is 11.2 Å². The molecule has 0 atom stereocenters. The monoisotopic (exact) mass is 353 g/mol. The van der Waals surface area contributed by atoms with E-state index in [-0.39, 0.29) is 0 Å². The molecule has 0 saturated carbocycles. The smallest absolute Gasteiger partial charge is 0.151 e. The minimum Gasteiger partial charge on any atom is -0.378 e. The number of anilines is 2. The Morgan fingerprint density at radius 2 is 1.96 bits per heavy atom. The van der Waals surface area contributed by atoms with E-state index in [1.165, 1.54) is 18.4 Å². The molecule has 0 radical (unpaired) electrons. The quantitative estimate of drug-likeness (QED) is 0.610. The number of nitrogens with zero attached hydrogens (tertiary/aromatic N) is 4. The van der Waals surface area contributed by atoms with Gasteiger partial charge in [0.2, 0.25) is 0 Å². The molecule has 1 saturated heterocycles. The fraction of sp³-hybridized carbons (Fsp3) is 0.450. The molecule has 1 fully saturated rings. The van der Waals surface area contributed by atoms with Crippen molar-refractivity contribution in [2.45, 2.75) is 33.1 Å². The van der Waals surface area contributed by atoms with Gasteiger partial charge in [0.25, 0.3) is 0 Å². The van der Waals surface area contributed by atoms with Gasteiger partial charge in [-0.15, -0.1) is 0 Å². The molecule has 1 aliphatic rings. The van der Waals surface area contributed by atoms with E-state index >= 15 is 0 Å². The summed E-state index contributed by atoms with van der Waals surface area (Å²) in [7, 11) is 0. The normalized spacial score (nSPS) is 15.2. The largest absolute Gasteiger partial charge is 0.378 e. The highest BCUT2D eigenvalue weighted by Crippen LogP contribution is 2.16. The van der Waals surface area contributed by atoms with Gasteiger partial charge in [0, 0.05) is 19.2 Å². The molecular formula is C20H27N5O. The standard InChI is InChI=1S/C20H27N5O/c1-3-4-5-17-6-8-18(9-7-17)16(2)23-24-19-14-20(22-15-21-19)25-10-12-26-13-11-25/h6-9,14-15H,3-5,10-13H2,1-2H3,(H,21,22,24)/b23-16-. The van der Waals surface area contributed by atoms with Crippen LogP contribution in [0.3, 0.4) is 0 Å². The van der Waals surface area contributed by atoms with Gasteiger partial charge in [0.15, 0.2) is 5.82 Å². The summed E-state index contributed by atoms with van der Waals surface area (Å²) in [5.74, 6) is 1.60. The number of morpholine rings is 1. The van der Waals surface area contributed by atoms with Gasteiger partial charge in [-0.25, -0.2) is 9.97 Å². The van der Waals surface area contributed by atoms with Gasteiger partial charge >= 0.3 is 0 Å². The van der Waals surface area contributed by atoms with Crippen molar-refractivity contribution < 1.29 is 4.74 Å². The molecule has 0 spiro atoms. The molecule has 1 N–H and O–H groups in total. The first-order chi connectivity index (χ1) is 12.8. The fourth-order valence-electron chi connectivity index (χ4n) is 2.87. The van der Waals surface area contributed by atoms with Crippen molar-refractivity contribution in [3.8, 4) is 0 Å². The topological polar surface area (TPSA) is 62.6 Å². The average molecular weight is 353 g/mol. The zero-order valence-corrected chi connectivity index (χ0v) is 15.6. The van der Waals surface area contributed by atoms with Crippen LogP contribution < -0.4 is 10.3 Å². The van der Waals surface area contributed by atoms with E-state index in [9.17, 15) is 0 Å². The Kier molecular flexibility index (Phi) is 6.55. The van der Waals surface area contributed by atoms with Crippen LogP contribution in [0, 0.1) is 0 Å². The molecule has 1 aromatic heterocycles. The van der Waals surface area contributed by atoms with Gasteiger partial charge in [-0.3, -0.25) is 5.43 Å². The summed E-state index contributed by atoms with van der Waals surface area (Å²) in [5.41, 5.74) is 6.47. The highest BCUT2D eigenvalue weighted by molar-refractivity contribution is 5.99. The number of hydrogen-bond acceptors (Lipinski definition) is 6. The van der Waals surface area contributed by atoms with E-state index in [0.29, 0.717) is 5.82 Å². The Balaban J connectivity index is 1.63. The molecule has 0 amide bonds. The van der Waals surface area contributed by atoms with Gasteiger partial charge in [-0.1, -0.05) is 37.6 Å². The zero-order valence-electron chi connectivity index (χ0n) is 15.6. The molecular weight excluding hydrogens is 326 g/mol. The SMILES string of the molecule is CCCCc1ccc(/C(C)=N\Nc2cc(N3CCOCC3)ncn2)cc1. The van der Waals surface area contributed by atoms with E-state index in [0.717, 1.165) is 49.8 Å². The second kappa shape index (κ2) is 9.29. The molecule has 0 bridgehead atoms. The van der Waals surface area contributed by atoms with Crippen molar-refractivity contribution in [1.82, 2.24) is 9.97 Å². The third-order valence-electron chi connectivity index (χ3n) is 4.52. The molecule has 0 unspecified atom stereocenters. The van der Waals surface area contributed by atoms with Crippen molar-refractivity contribution in [1.29, 1.82) is 0 Å². The van der Waals surface area contributed by atoms with Crippen LogP contribution in [0.1, 0.15) is 37.8 Å². The summed E-state index contributed by atoms with van der Waals surface area (Å²) in [6, 6.07) is 10.6. The van der Waals surface area contributed by atoms with Crippen LogP contribution in [0.25, 0.3) is 0 Å². The van der Waals surface area contributed by atoms with Crippen molar-refractivity contribution in [2.75, 3.05) is 36.6 Å². The van der Waals surface area contributed by atoms with Crippen molar-refractivity contribution in [3.63, 3.8) is 0 Å². The first-order valence-electron chi connectivity index (χ1n) is 9.30. The number of benzene rings is 1. The summed E-state index contributed by atoms with van der Waals surface area (Å²) in [6.07, 6.45) is 5.15. The summed E-state index contributed by atoms with van der Waals surface area (Å²) in [5, 5.41) is 4.48. The van der Waals surface area contributed by atoms with Gasteiger partial charge < -0.3 is 9.64 Å². The van der Waals surface area contributed by atoms with Gasteiger partial charge in [0.05, 0.1) is 18.9 Å². The van der Waals surface area contributed by atoms with Gasteiger partial charge in [-0.2, -0.15) is 5.10 Å². The number of unbranched alkanes of at least 4 members (excludes halogenated alkanes) is 1. The molecule has 0 aliphatic carbocycles. The van der Waals surface area contributed by atoms with Crippen molar-refractivity contribution in [3.05, 3.63) is 47.8 Å². The number of rotatable bonds is 7. The Bertz CT molecular complexity index is 723. The molecule has 1 aromatic carbocycles. The number of aryl methyl sites for hydroxylation is 1. The summed E-state index contributed by atoms with van der Waals surface area (Å²) < 4.78 is 5.39. The molecule has 2 aromatic rings. The second-order valence-corrected chi connectivity index (χ2v) is 6.47. The van der Waals surface area contributed by atoms with Gasteiger partial charge in [-0.05, 0) is 30.9 Å². The Morgan fingerprint density at radius 1 is 1.19 bits per heavy atom. The summed E-state index contributed by atoms with van der Waals surface area (Å²) in [4.78, 5) is 10.8. The predicted octanol–water partition coefficient (Wildman–Crippen LogP) is 3.49. The highest BCUT2D eigenvalue weighted by Gasteiger charge is 2.12. The lowest BCUT2D eigenvalue weighted by Gasteiger charge is -2.27. The van der Waals surface area contributed by atoms with Crippen LogP contribution in [0.15, 0.2) is 41.8 Å². The van der Waals surface area contributed by atoms with Crippen LogP contribution in [-0.4, -0.2) is 42.0 Å². The molecule has 1 aliphatic heterocycles. The maximum atomic E-state index is 5.39. The third kappa shape index (κ3) is 5.02. The van der Waals surface area contributed by atoms with E-state index in [4.69, 9.17) is 4.74 Å². The minimum atomic E-state index is 0.695. The van der Waals surface area contributed by atoms with Crippen LogP contribution in [0.2, 0.25) is 0 Å². The van der Waals surface area contributed by atoms with Crippen molar-refractivity contribution >= 4 is 17.3 Å². The lowest BCUT2D eigenvalue weighted by molar-refractivity contribution is 0.122. The number of hydrazone groups is 1. The Hall–Kier alpha value is -2.47. The van der Waals surface area contributed by atoms with E-state index in [1.54, 1.807) is 6.33 Å². The van der Waals surface area contributed by atoms with Gasteiger partial charge in [0.1, 0.15) is 12.1 Å². The highest BCUT2D eigenvalue weighted by atomic mass is 16.5. The van der Waals surface area contributed by atoms with Crippen molar-refractivity contribution in [2.24, 2.45) is 5.10 Å². The molecule has 2 heterocycles. The van der Waals surface area contributed by atoms with E-state index < -0.39 is 0 Å². The molecule has 3 rings (SSSR count). The number of ether oxygens (including phenoxy) is 1. The lowest BCUT2D eigenvalue weighted by atomic mass is 10.0. The molecule has 138 valence electrons. The number of nitrogens with one attached hydrogen (secondary N) is 1. The number of hydrogen-bond donors (Lipinski definition) is 1. The first kappa shape index (κ1) is 18.3. The zero-order chi connectivity index (χ0) is 18.2. The number of aromatic nitrogens is 2. The first-order valence-corrected chi connectivity index (χ1v) is 9.30. The third-order valence-corrected chi connectivity index (χ3v) is 4.52. The minimum absolute atomic E-state index is 0.695. The van der Waals surface area contributed by atoms with E-state index in [1.807, 2.05) is 13.0 Å². The molecule has 26 heavy (non-hydrogen) atoms. The lowest BCUT2D eigenvalue weighted by Crippen LogP contribution is -2.36. The summed E-state index contributed by atoms with van der Waals surface area (Å²) in [6.45, 7) is 7.38. The average Bonchev–Trinajstić information content (AvgIpc) is 2.72. The molecule has 6 heteroatoms.